The van der Waals surface area contributed by atoms with Crippen LogP contribution in [0.4, 0.5) is 5.69 Å². The summed E-state index contributed by atoms with van der Waals surface area (Å²) in [7, 11) is 0. The van der Waals surface area contributed by atoms with Crippen molar-refractivity contribution in [2.24, 2.45) is 17.8 Å². The Morgan fingerprint density at radius 3 is 2.51 bits per heavy atom. The molecule has 0 aliphatic carbocycles. The lowest BCUT2D eigenvalue weighted by Crippen LogP contribution is -2.59. The number of hydrogen-bond acceptors (Lipinski definition) is 5. The fraction of sp³-hybridized carbons (Fsp3) is 0.606. The molecule has 1 N–H and O–H groups in total. The monoisotopic (exact) mass is 581 g/mol. The van der Waals surface area contributed by atoms with Crippen LogP contribution in [-0.2, 0) is 14.4 Å². The van der Waals surface area contributed by atoms with Crippen LogP contribution in [0.2, 0.25) is 0 Å². The number of carbonyl (C=O) groups is 3. The third kappa shape index (κ3) is 5.27. The summed E-state index contributed by atoms with van der Waals surface area (Å²) >= 11 is 1.68. The Balaban J connectivity index is 1.86. The maximum absolute atomic E-state index is 14.9. The van der Waals surface area contributed by atoms with Crippen molar-refractivity contribution in [2.75, 3.05) is 31.1 Å². The number of rotatable bonds is 13. The van der Waals surface area contributed by atoms with E-state index in [0.717, 1.165) is 36.1 Å². The second kappa shape index (κ2) is 12.7. The summed E-state index contributed by atoms with van der Waals surface area (Å²) < 4.78 is -0.719. The topological polar surface area (TPSA) is 81.2 Å². The SMILES string of the molecule is C=CCN(CCC)C(=O)[C@@H]1[C@@H]2CCC3(S2)C(C(=O)N(CC=C)c2cc(C)ccc2C)N([C@@H](CO)[C@@H](C)CC)C(=O)[C@H]13. The molecule has 1 aromatic carbocycles. The summed E-state index contributed by atoms with van der Waals surface area (Å²) in [5.74, 6) is -1.44. The van der Waals surface area contributed by atoms with E-state index in [-0.39, 0.29) is 35.5 Å². The van der Waals surface area contributed by atoms with Crippen LogP contribution < -0.4 is 4.90 Å². The Labute approximate surface area is 250 Å². The fourth-order valence-corrected chi connectivity index (χ4v) is 9.54. The van der Waals surface area contributed by atoms with Crippen LogP contribution in [0.1, 0.15) is 57.6 Å². The first-order valence-electron chi connectivity index (χ1n) is 15.1. The highest BCUT2D eigenvalue weighted by molar-refractivity contribution is 8.02. The van der Waals surface area contributed by atoms with Crippen molar-refractivity contribution in [3.8, 4) is 0 Å². The van der Waals surface area contributed by atoms with Gasteiger partial charge in [0.2, 0.25) is 11.8 Å². The van der Waals surface area contributed by atoms with Gasteiger partial charge in [-0.15, -0.1) is 24.9 Å². The van der Waals surface area contributed by atoms with E-state index in [0.29, 0.717) is 26.1 Å². The van der Waals surface area contributed by atoms with Crippen LogP contribution >= 0.6 is 11.8 Å². The minimum atomic E-state index is -0.780. The number of hydrogen-bond donors (Lipinski definition) is 1. The smallest absolute Gasteiger partial charge is 0.251 e. The number of likely N-dealkylation sites (tertiary alicyclic amines) is 1. The maximum Gasteiger partial charge on any atom is 0.251 e. The number of thioether (sulfide) groups is 1. The molecule has 7 nitrogen and oxygen atoms in total. The van der Waals surface area contributed by atoms with E-state index >= 15 is 0 Å². The molecule has 3 aliphatic heterocycles. The molecule has 0 aromatic heterocycles. The van der Waals surface area contributed by atoms with Crippen LogP contribution in [-0.4, -0.2) is 80.9 Å². The van der Waals surface area contributed by atoms with Gasteiger partial charge >= 0.3 is 0 Å². The first-order chi connectivity index (χ1) is 19.6. The van der Waals surface area contributed by atoms with E-state index in [9.17, 15) is 19.5 Å². The molecule has 3 fully saturated rings. The zero-order chi connectivity index (χ0) is 30.1. The van der Waals surface area contributed by atoms with Crippen LogP contribution in [0.5, 0.6) is 0 Å². The van der Waals surface area contributed by atoms with Crippen LogP contribution in [0.15, 0.2) is 43.5 Å². The number of aryl methyl sites for hydroxylation is 2. The molecule has 3 saturated heterocycles. The number of fused-ring (bicyclic) bond motifs is 1. The highest BCUT2D eigenvalue weighted by Crippen LogP contribution is 2.67. The van der Waals surface area contributed by atoms with Gasteiger partial charge in [-0.2, -0.15) is 0 Å². The first kappa shape index (κ1) is 31.4. The average molecular weight is 582 g/mol. The van der Waals surface area contributed by atoms with E-state index in [1.807, 2.05) is 57.7 Å². The first-order valence-corrected chi connectivity index (χ1v) is 16.0. The van der Waals surface area contributed by atoms with Crippen molar-refractivity contribution in [1.29, 1.82) is 0 Å². The highest BCUT2D eigenvalue weighted by atomic mass is 32.2. The van der Waals surface area contributed by atoms with Crippen LogP contribution in [0.25, 0.3) is 0 Å². The summed E-state index contributed by atoms with van der Waals surface area (Å²) in [5.41, 5.74) is 2.81. The highest BCUT2D eigenvalue weighted by Gasteiger charge is 2.74. The molecule has 41 heavy (non-hydrogen) atoms. The van der Waals surface area contributed by atoms with Crippen LogP contribution in [0, 0.1) is 31.6 Å². The van der Waals surface area contributed by atoms with Gasteiger partial charge in [0.1, 0.15) is 6.04 Å². The second-order valence-electron chi connectivity index (χ2n) is 12.0. The Kier molecular flexibility index (Phi) is 9.74. The normalized spacial score (nSPS) is 27.9. The number of amides is 3. The zero-order valence-electron chi connectivity index (χ0n) is 25.3. The predicted octanol–water partition coefficient (Wildman–Crippen LogP) is 4.75. The minimum Gasteiger partial charge on any atom is -0.394 e. The van der Waals surface area contributed by atoms with Gasteiger partial charge in [-0.25, -0.2) is 0 Å². The molecule has 0 radical (unpaired) electrons. The maximum atomic E-state index is 14.9. The van der Waals surface area contributed by atoms with E-state index in [4.69, 9.17) is 0 Å². The van der Waals surface area contributed by atoms with Gasteiger partial charge in [-0.3, -0.25) is 14.4 Å². The fourth-order valence-electron chi connectivity index (χ4n) is 7.35. The van der Waals surface area contributed by atoms with Crippen molar-refractivity contribution < 1.29 is 19.5 Å². The minimum absolute atomic E-state index is 0.0113. The van der Waals surface area contributed by atoms with Gasteiger partial charge in [0.25, 0.3) is 5.91 Å². The lowest BCUT2D eigenvalue weighted by atomic mass is 9.70. The number of nitrogens with zero attached hydrogens (tertiary/aromatic N) is 3. The molecule has 3 aliphatic rings. The van der Waals surface area contributed by atoms with Gasteiger partial charge in [-0.1, -0.05) is 51.5 Å². The van der Waals surface area contributed by atoms with Crippen molar-refractivity contribution in [1.82, 2.24) is 9.80 Å². The molecule has 224 valence electrons. The standard InChI is InChI=1S/C33H47N3O4S/c1-8-16-34(17-9-2)30(38)27-26-14-15-33(41-26)28(27)31(39)36(25(20-37)22(6)11-4)29(33)32(40)35(18-10-3)24-19-21(5)12-13-23(24)7/h8,10,12-13,19,22,25-29,37H,1,3,9,11,14-18,20H2,2,4-7H3/t22-,25-,26-,27+,28-,29?,33?/m0/s1. The van der Waals surface area contributed by atoms with Gasteiger partial charge in [0.05, 0.1) is 29.2 Å². The molecular weight excluding hydrogens is 534 g/mol. The molecule has 1 spiro atoms. The third-order valence-corrected chi connectivity index (χ3v) is 11.4. The molecule has 8 heteroatoms. The van der Waals surface area contributed by atoms with E-state index in [1.165, 1.54) is 0 Å². The number of aliphatic hydroxyl groups excluding tert-OH is 1. The molecule has 2 unspecified atom stereocenters. The molecule has 1 aromatic rings. The van der Waals surface area contributed by atoms with Crippen molar-refractivity contribution in [3.05, 3.63) is 54.6 Å². The summed E-state index contributed by atoms with van der Waals surface area (Å²) in [5, 5.41) is 10.6. The lowest BCUT2D eigenvalue weighted by Gasteiger charge is -2.41. The average Bonchev–Trinajstić information content (AvgIpc) is 3.60. The Bertz CT molecular complexity index is 1190. The molecular formula is C33H47N3O4S. The summed E-state index contributed by atoms with van der Waals surface area (Å²) in [6.45, 7) is 19.0. The second-order valence-corrected chi connectivity index (χ2v) is 13.6. The van der Waals surface area contributed by atoms with Crippen molar-refractivity contribution in [2.45, 2.75) is 82.4 Å². The van der Waals surface area contributed by atoms with E-state index < -0.39 is 28.7 Å². The van der Waals surface area contributed by atoms with Gasteiger partial charge in [0.15, 0.2) is 0 Å². The van der Waals surface area contributed by atoms with Crippen LogP contribution in [0.3, 0.4) is 0 Å². The van der Waals surface area contributed by atoms with Gasteiger partial charge in [0, 0.05) is 30.6 Å². The predicted molar refractivity (Wildman–Crippen MR) is 167 cm³/mol. The number of benzene rings is 1. The Hall–Kier alpha value is -2.58. The molecule has 7 atom stereocenters. The number of anilines is 1. The van der Waals surface area contributed by atoms with E-state index in [1.54, 1.807) is 33.7 Å². The van der Waals surface area contributed by atoms with Crippen molar-refractivity contribution in [3.63, 3.8) is 0 Å². The summed E-state index contributed by atoms with van der Waals surface area (Å²) in [4.78, 5) is 48.9. The quantitative estimate of drug-likeness (QED) is 0.340. The van der Waals surface area contributed by atoms with Gasteiger partial charge in [-0.05, 0) is 56.2 Å². The van der Waals surface area contributed by atoms with E-state index in [2.05, 4.69) is 13.2 Å². The molecule has 4 rings (SSSR count). The molecule has 2 bridgehead atoms. The molecule has 0 saturated carbocycles. The van der Waals surface area contributed by atoms with Gasteiger partial charge < -0.3 is 19.8 Å². The van der Waals surface area contributed by atoms with Crippen molar-refractivity contribution >= 4 is 35.2 Å². The molecule has 3 heterocycles. The summed E-state index contributed by atoms with van der Waals surface area (Å²) in [6.07, 6.45) is 6.50. The molecule has 3 amide bonds. The lowest BCUT2D eigenvalue weighted by molar-refractivity contribution is -0.146. The summed E-state index contributed by atoms with van der Waals surface area (Å²) in [6, 6.07) is 4.75. The largest absolute Gasteiger partial charge is 0.394 e. The zero-order valence-corrected chi connectivity index (χ0v) is 26.2. The number of carbonyl (C=O) groups excluding carboxylic acids is 3. The number of aliphatic hydroxyl groups is 1. The Morgan fingerprint density at radius 1 is 1.20 bits per heavy atom. The third-order valence-electron chi connectivity index (χ3n) is 9.49. The Morgan fingerprint density at radius 2 is 1.90 bits per heavy atom.